The molecule has 0 bridgehead atoms. The first-order chi connectivity index (χ1) is 14.4. The number of benzene rings is 1. The Bertz CT molecular complexity index is 1120. The van der Waals surface area contributed by atoms with Crippen molar-refractivity contribution in [2.75, 3.05) is 16.0 Å². The topological polar surface area (TPSA) is 116 Å². The zero-order valence-electron chi connectivity index (χ0n) is 17.0. The Hall–Kier alpha value is -3.20. The highest BCUT2D eigenvalue weighted by Crippen LogP contribution is 2.39. The summed E-state index contributed by atoms with van der Waals surface area (Å²) in [5.41, 5.74) is 2.70. The first kappa shape index (κ1) is 18.8. The highest BCUT2D eigenvalue weighted by molar-refractivity contribution is 6.06. The molecule has 0 atom stereocenters. The van der Waals surface area contributed by atoms with E-state index in [1.807, 2.05) is 32.0 Å². The Kier molecular flexibility index (Phi) is 4.35. The maximum Gasteiger partial charge on any atom is 0.247 e. The Morgan fingerprint density at radius 1 is 1.23 bits per heavy atom. The van der Waals surface area contributed by atoms with Crippen LogP contribution in [0.3, 0.4) is 0 Å². The average Bonchev–Trinajstić information content (AvgIpc) is 3.22. The van der Waals surface area contributed by atoms with Gasteiger partial charge in [-0.2, -0.15) is 4.98 Å². The number of carbonyl (C=O) groups excluding carboxylic acids is 1. The molecule has 1 aromatic carbocycles. The minimum atomic E-state index is -0.531. The van der Waals surface area contributed by atoms with Crippen LogP contribution in [0, 0.1) is 0 Å². The van der Waals surface area contributed by atoms with E-state index >= 15 is 0 Å². The zero-order valence-corrected chi connectivity index (χ0v) is 17.0. The number of anilines is 4. The fourth-order valence-corrected chi connectivity index (χ4v) is 4.19. The molecule has 1 aliphatic heterocycles. The number of rotatable bonds is 4. The molecule has 3 heterocycles. The van der Waals surface area contributed by atoms with Crippen molar-refractivity contribution in [3.8, 4) is 0 Å². The van der Waals surface area contributed by atoms with Crippen molar-refractivity contribution in [1.82, 2.24) is 19.6 Å². The molecule has 0 radical (unpaired) electrons. The molecule has 3 aromatic rings. The van der Waals surface area contributed by atoms with E-state index in [1.165, 1.54) is 0 Å². The van der Waals surface area contributed by atoms with Crippen molar-refractivity contribution >= 4 is 34.7 Å². The molecule has 1 fully saturated rings. The smallest absolute Gasteiger partial charge is 0.247 e. The maximum absolute atomic E-state index is 12.2. The predicted octanol–water partition coefficient (Wildman–Crippen LogP) is 2.81. The van der Waals surface area contributed by atoms with E-state index in [4.69, 9.17) is 0 Å². The number of fused-ring (bicyclic) bond motifs is 2. The molecule has 9 nitrogen and oxygen atoms in total. The molecule has 1 aliphatic carbocycles. The van der Waals surface area contributed by atoms with Gasteiger partial charge in [-0.1, -0.05) is 6.07 Å². The summed E-state index contributed by atoms with van der Waals surface area (Å²) in [4.78, 5) is 21.2. The number of nitrogens with zero attached hydrogens (tertiary/aromatic N) is 4. The number of carbonyl (C=O) groups is 1. The van der Waals surface area contributed by atoms with Crippen LogP contribution in [0.5, 0.6) is 0 Å². The second kappa shape index (κ2) is 6.94. The molecule has 1 saturated carbocycles. The summed E-state index contributed by atoms with van der Waals surface area (Å²) < 4.78 is 1.69. The lowest BCUT2D eigenvalue weighted by atomic mass is 9.86. The summed E-state index contributed by atoms with van der Waals surface area (Å²) in [5, 5.41) is 23.8. The van der Waals surface area contributed by atoms with E-state index < -0.39 is 5.41 Å². The molecule has 2 aliphatic rings. The molecule has 2 aromatic heterocycles. The number of aliphatic hydroxyl groups is 1. The lowest BCUT2D eigenvalue weighted by Gasteiger charge is -2.26. The number of aromatic nitrogens is 4. The van der Waals surface area contributed by atoms with Gasteiger partial charge < -0.3 is 21.1 Å². The van der Waals surface area contributed by atoms with Gasteiger partial charge in [-0.3, -0.25) is 4.79 Å². The van der Waals surface area contributed by atoms with E-state index in [0.29, 0.717) is 17.4 Å². The molecular weight excluding hydrogens is 382 g/mol. The largest absolute Gasteiger partial charge is 0.393 e. The normalized spacial score (nSPS) is 22.6. The third-order valence-electron chi connectivity index (χ3n) is 6.06. The Morgan fingerprint density at radius 2 is 2.03 bits per heavy atom. The van der Waals surface area contributed by atoms with Crippen molar-refractivity contribution in [3.63, 3.8) is 0 Å². The van der Waals surface area contributed by atoms with Crippen LogP contribution in [0.15, 0.2) is 30.6 Å². The van der Waals surface area contributed by atoms with Gasteiger partial charge in [0.2, 0.25) is 11.9 Å². The third kappa shape index (κ3) is 3.24. The summed E-state index contributed by atoms with van der Waals surface area (Å²) in [6.45, 7) is 3.83. The molecule has 1 amide bonds. The molecule has 4 N–H and O–H groups in total. The van der Waals surface area contributed by atoms with E-state index in [0.717, 1.165) is 42.6 Å². The van der Waals surface area contributed by atoms with Gasteiger partial charge in [0.05, 0.1) is 11.5 Å². The summed E-state index contributed by atoms with van der Waals surface area (Å²) in [6.07, 6.45) is 6.66. The van der Waals surface area contributed by atoms with Crippen molar-refractivity contribution < 1.29 is 9.90 Å². The van der Waals surface area contributed by atoms with E-state index in [1.54, 1.807) is 16.9 Å². The maximum atomic E-state index is 12.2. The van der Waals surface area contributed by atoms with E-state index in [-0.39, 0.29) is 18.1 Å². The monoisotopic (exact) mass is 407 g/mol. The van der Waals surface area contributed by atoms with Gasteiger partial charge in [0.25, 0.3) is 0 Å². The highest BCUT2D eigenvalue weighted by Gasteiger charge is 2.38. The fraction of sp³-hybridized carbons (Fsp3) is 0.429. The van der Waals surface area contributed by atoms with Gasteiger partial charge in [0.1, 0.15) is 0 Å². The van der Waals surface area contributed by atoms with Crippen LogP contribution >= 0.6 is 0 Å². The number of nitrogens with one attached hydrogen (secondary N) is 3. The highest BCUT2D eigenvalue weighted by atomic mass is 16.3. The minimum absolute atomic E-state index is 0.00229. The van der Waals surface area contributed by atoms with Crippen LogP contribution in [0.25, 0.3) is 5.65 Å². The second-order valence-corrected chi connectivity index (χ2v) is 8.59. The van der Waals surface area contributed by atoms with Crippen LogP contribution in [0.4, 0.5) is 23.1 Å². The molecule has 5 rings (SSSR count). The van der Waals surface area contributed by atoms with Crippen molar-refractivity contribution in [1.29, 1.82) is 0 Å². The Labute approximate surface area is 173 Å². The fourth-order valence-electron chi connectivity index (χ4n) is 4.19. The van der Waals surface area contributed by atoms with Crippen molar-refractivity contribution in [2.45, 2.75) is 57.1 Å². The van der Waals surface area contributed by atoms with Crippen LogP contribution in [0.1, 0.15) is 45.1 Å². The summed E-state index contributed by atoms with van der Waals surface area (Å²) in [5.74, 6) is 1.13. The molecule has 30 heavy (non-hydrogen) atoms. The second-order valence-electron chi connectivity index (χ2n) is 8.59. The SMILES string of the molecule is CC1(C)C(=O)Nc2cc(Nc3nc4c(NC5CCC(O)CC5)nccn4n3)ccc21. The zero-order chi connectivity index (χ0) is 20.9. The van der Waals surface area contributed by atoms with Gasteiger partial charge in [-0.05, 0) is 57.2 Å². The number of hydrogen-bond donors (Lipinski definition) is 4. The van der Waals surface area contributed by atoms with E-state index in [2.05, 4.69) is 31.0 Å². The van der Waals surface area contributed by atoms with Gasteiger partial charge in [-0.25, -0.2) is 9.50 Å². The lowest BCUT2D eigenvalue weighted by molar-refractivity contribution is -0.119. The number of hydrogen-bond acceptors (Lipinski definition) is 7. The van der Waals surface area contributed by atoms with Gasteiger partial charge in [0, 0.05) is 29.8 Å². The molecule has 0 saturated heterocycles. The van der Waals surface area contributed by atoms with Crippen LogP contribution in [-0.4, -0.2) is 42.7 Å². The first-order valence-electron chi connectivity index (χ1n) is 10.3. The van der Waals surface area contributed by atoms with Gasteiger partial charge >= 0.3 is 0 Å². The minimum Gasteiger partial charge on any atom is -0.393 e. The third-order valence-corrected chi connectivity index (χ3v) is 6.06. The number of amides is 1. The van der Waals surface area contributed by atoms with E-state index in [9.17, 15) is 9.90 Å². The van der Waals surface area contributed by atoms with Crippen LogP contribution < -0.4 is 16.0 Å². The Morgan fingerprint density at radius 3 is 2.83 bits per heavy atom. The molecule has 0 spiro atoms. The Balaban J connectivity index is 1.37. The summed E-state index contributed by atoms with van der Waals surface area (Å²) >= 11 is 0. The molecule has 9 heteroatoms. The van der Waals surface area contributed by atoms with Gasteiger partial charge in [0.15, 0.2) is 11.5 Å². The van der Waals surface area contributed by atoms with Crippen molar-refractivity contribution in [3.05, 3.63) is 36.2 Å². The quantitative estimate of drug-likeness (QED) is 0.525. The van der Waals surface area contributed by atoms with Crippen molar-refractivity contribution in [2.24, 2.45) is 0 Å². The standard InChI is InChI=1S/C21H25N7O2/c1-21(2)15-8-5-13(11-16(15)25-19(21)30)24-20-26-18-17(22-9-10-28(18)27-20)23-12-3-6-14(29)7-4-12/h5,8-12,14,29H,3-4,6-7H2,1-2H3,(H,22,23)(H,24,27)(H,25,30). The van der Waals surface area contributed by atoms with Crippen LogP contribution in [-0.2, 0) is 10.2 Å². The molecule has 0 unspecified atom stereocenters. The summed E-state index contributed by atoms with van der Waals surface area (Å²) in [6, 6.07) is 6.05. The summed E-state index contributed by atoms with van der Waals surface area (Å²) in [7, 11) is 0. The average molecular weight is 407 g/mol. The number of aliphatic hydroxyl groups excluding tert-OH is 1. The predicted molar refractivity (Wildman–Crippen MR) is 114 cm³/mol. The molecular formula is C21H25N7O2. The van der Waals surface area contributed by atoms with Crippen LogP contribution in [0.2, 0.25) is 0 Å². The first-order valence-corrected chi connectivity index (χ1v) is 10.3. The lowest BCUT2D eigenvalue weighted by Crippen LogP contribution is -2.28. The van der Waals surface area contributed by atoms with Gasteiger partial charge in [-0.15, -0.1) is 5.10 Å². The molecule has 156 valence electrons.